The number of aromatic nitrogens is 2. The molecular formula is C15H19ClFN3. The van der Waals surface area contributed by atoms with Crippen LogP contribution in [0.4, 0.5) is 4.39 Å². The van der Waals surface area contributed by atoms with Gasteiger partial charge in [0.25, 0.3) is 0 Å². The summed E-state index contributed by atoms with van der Waals surface area (Å²) in [6.45, 7) is 2.70. The second-order valence-corrected chi connectivity index (χ2v) is 5.36. The van der Waals surface area contributed by atoms with Crippen LogP contribution >= 0.6 is 11.6 Å². The van der Waals surface area contributed by atoms with Crippen LogP contribution in [-0.2, 0) is 13.5 Å². The van der Waals surface area contributed by atoms with Gasteiger partial charge in [0.2, 0.25) is 0 Å². The Kier molecular flexibility index (Phi) is 4.78. The molecule has 1 N–H and O–H groups in total. The van der Waals surface area contributed by atoms with Crippen LogP contribution in [0.2, 0.25) is 5.02 Å². The Morgan fingerprint density at radius 1 is 1.35 bits per heavy atom. The highest BCUT2D eigenvalue weighted by Crippen LogP contribution is 2.26. The third kappa shape index (κ3) is 3.19. The van der Waals surface area contributed by atoms with Crippen molar-refractivity contribution in [3.8, 4) is 0 Å². The largest absolute Gasteiger partial charge is 0.319 e. The molecule has 0 aliphatic carbocycles. The maximum atomic E-state index is 13.0. The van der Waals surface area contributed by atoms with Crippen LogP contribution in [0.3, 0.4) is 0 Å². The number of aryl methyl sites for hydroxylation is 2. The first kappa shape index (κ1) is 15.0. The molecule has 1 aromatic carbocycles. The normalized spacial score (nSPS) is 12.7. The van der Waals surface area contributed by atoms with Gasteiger partial charge in [-0.25, -0.2) is 4.39 Å². The van der Waals surface area contributed by atoms with E-state index in [1.165, 1.54) is 12.1 Å². The smallest absolute Gasteiger partial charge is 0.123 e. The van der Waals surface area contributed by atoms with Crippen molar-refractivity contribution in [2.45, 2.75) is 19.3 Å². The number of hydrogen-bond acceptors (Lipinski definition) is 2. The molecule has 0 aliphatic rings. The number of likely N-dealkylation sites (N-methyl/N-ethyl adjacent to an activating group) is 1. The molecule has 20 heavy (non-hydrogen) atoms. The summed E-state index contributed by atoms with van der Waals surface area (Å²) in [6.07, 6.45) is 0.767. The molecule has 1 unspecified atom stereocenters. The van der Waals surface area contributed by atoms with Gasteiger partial charge in [-0.05, 0) is 38.1 Å². The van der Waals surface area contributed by atoms with Gasteiger partial charge in [0.05, 0.1) is 16.4 Å². The lowest BCUT2D eigenvalue weighted by atomic mass is 9.94. The number of hydrogen-bond donors (Lipinski definition) is 1. The molecule has 5 heteroatoms. The quantitative estimate of drug-likeness (QED) is 0.919. The van der Waals surface area contributed by atoms with E-state index in [1.54, 1.807) is 0 Å². The molecule has 1 heterocycles. The van der Waals surface area contributed by atoms with Crippen LogP contribution in [0.5, 0.6) is 0 Å². The minimum atomic E-state index is -0.216. The predicted molar refractivity (Wildman–Crippen MR) is 79.7 cm³/mol. The average Bonchev–Trinajstić information content (AvgIpc) is 2.65. The molecule has 2 aromatic rings. The highest BCUT2D eigenvalue weighted by molar-refractivity contribution is 6.31. The van der Waals surface area contributed by atoms with E-state index >= 15 is 0 Å². The molecular weight excluding hydrogens is 277 g/mol. The summed E-state index contributed by atoms with van der Waals surface area (Å²) in [5.41, 5.74) is 2.94. The zero-order valence-corrected chi connectivity index (χ0v) is 12.7. The zero-order valence-electron chi connectivity index (χ0n) is 12.0. The van der Waals surface area contributed by atoms with E-state index in [1.807, 2.05) is 37.8 Å². The molecule has 0 spiro atoms. The Morgan fingerprint density at radius 2 is 2.00 bits per heavy atom. The summed E-state index contributed by atoms with van der Waals surface area (Å²) < 4.78 is 14.9. The van der Waals surface area contributed by atoms with Gasteiger partial charge in [0, 0.05) is 19.5 Å². The summed E-state index contributed by atoms with van der Waals surface area (Å²) in [6, 6.07) is 6.64. The van der Waals surface area contributed by atoms with Gasteiger partial charge < -0.3 is 5.32 Å². The number of halogens is 2. The minimum Gasteiger partial charge on any atom is -0.319 e. The Morgan fingerprint density at radius 3 is 2.50 bits per heavy atom. The van der Waals surface area contributed by atoms with Crippen molar-refractivity contribution in [2.75, 3.05) is 13.6 Å². The molecule has 1 atom stereocenters. The predicted octanol–water partition coefficient (Wildman–Crippen LogP) is 3.07. The van der Waals surface area contributed by atoms with Crippen molar-refractivity contribution in [3.63, 3.8) is 0 Å². The Labute approximate surface area is 123 Å². The first-order valence-corrected chi connectivity index (χ1v) is 6.98. The van der Waals surface area contributed by atoms with Gasteiger partial charge in [-0.2, -0.15) is 5.10 Å². The van der Waals surface area contributed by atoms with E-state index in [2.05, 4.69) is 10.4 Å². The second kappa shape index (κ2) is 6.37. The van der Waals surface area contributed by atoms with Crippen molar-refractivity contribution in [2.24, 2.45) is 7.05 Å². The lowest BCUT2D eigenvalue weighted by Crippen LogP contribution is -2.20. The molecule has 0 radical (unpaired) electrons. The number of nitrogens with one attached hydrogen (secondary N) is 1. The van der Waals surface area contributed by atoms with Crippen molar-refractivity contribution in [1.82, 2.24) is 15.1 Å². The fourth-order valence-electron chi connectivity index (χ4n) is 2.42. The van der Waals surface area contributed by atoms with Crippen LogP contribution in [0, 0.1) is 12.7 Å². The topological polar surface area (TPSA) is 29.9 Å². The standard InChI is InChI=1S/C15H19ClFN3/c1-10-15(16)14(20(3)19-10)8-12(9-18-2)11-4-6-13(17)7-5-11/h4-7,12,18H,8-9H2,1-3H3. The van der Waals surface area contributed by atoms with Crippen LogP contribution in [0.25, 0.3) is 0 Å². The molecule has 108 valence electrons. The van der Waals surface area contributed by atoms with Crippen LogP contribution in [0.15, 0.2) is 24.3 Å². The third-order valence-corrected chi connectivity index (χ3v) is 3.98. The molecule has 0 aliphatic heterocycles. The minimum absolute atomic E-state index is 0.216. The van der Waals surface area contributed by atoms with E-state index in [0.29, 0.717) is 0 Å². The summed E-state index contributed by atoms with van der Waals surface area (Å²) in [7, 11) is 3.81. The second-order valence-electron chi connectivity index (χ2n) is 4.98. The molecule has 0 saturated carbocycles. The van der Waals surface area contributed by atoms with Gasteiger partial charge in [-0.15, -0.1) is 0 Å². The third-order valence-electron chi connectivity index (χ3n) is 3.49. The highest BCUT2D eigenvalue weighted by Gasteiger charge is 2.18. The van der Waals surface area contributed by atoms with Crippen molar-refractivity contribution >= 4 is 11.6 Å². The maximum absolute atomic E-state index is 13.0. The lowest BCUT2D eigenvalue weighted by molar-refractivity contribution is 0.586. The van der Waals surface area contributed by atoms with Gasteiger partial charge >= 0.3 is 0 Å². The van der Waals surface area contributed by atoms with Crippen LogP contribution in [0.1, 0.15) is 22.9 Å². The van der Waals surface area contributed by atoms with E-state index in [4.69, 9.17) is 11.6 Å². The summed E-state index contributed by atoms with van der Waals surface area (Å²) in [5, 5.41) is 8.23. The number of nitrogens with zero attached hydrogens (tertiary/aromatic N) is 2. The van der Waals surface area contributed by atoms with E-state index in [9.17, 15) is 4.39 Å². The maximum Gasteiger partial charge on any atom is 0.123 e. The first-order valence-electron chi connectivity index (χ1n) is 6.61. The molecule has 0 fully saturated rings. The Bertz CT molecular complexity index is 578. The fraction of sp³-hybridized carbons (Fsp3) is 0.400. The van der Waals surface area contributed by atoms with Crippen molar-refractivity contribution in [1.29, 1.82) is 0 Å². The molecule has 0 amide bonds. The number of rotatable bonds is 5. The lowest BCUT2D eigenvalue weighted by Gasteiger charge is -2.17. The SMILES string of the molecule is CNCC(Cc1c(Cl)c(C)nn1C)c1ccc(F)cc1. The highest BCUT2D eigenvalue weighted by atomic mass is 35.5. The van der Waals surface area contributed by atoms with Gasteiger partial charge in [-0.1, -0.05) is 23.7 Å². The summed E-state index contributed by atoms with van der Waals surface area (Å²) in [4.78, 5) is 0. The summed E-state index contributed by atoms with van der Waals surface area (Å²) >= 11 is 6.31. The van der Waals surface area contributed by atoms with Crippen LogP contribution in [-0.4, -0.2) is 23.4 Å². The van der Waals surface area contributed by atoms with Crippen LogP contribution < -0.4 is 5.32 Å². The zero-order chi connectivity index (χ0) is 14.7. The molecule has 0 saturated heterocycles. The van der Waals surface area contributed by atoms with E-state index < -0.39 is 0 Å². The van der Waals surface area contributed by atoms with Gasteiger partial charge in [0.1, 0.15) is 5.82 Å². The fourth-order valence-corrected chi connectivity index (χ4v) is 2.66. The monoisotopic (exact) mass is 295 g/mol. The average molecular weight is 296 g/mol. The first-order chi connectivity index (χ1) is 9.52. The van der Waals surface area contributed by atoms with E-state index in [0.717, 1.165) is 34.9 Å². The van der Waals surface area contributed by atoms with Crippen molar-refractivity contribution in [3.05, 3.63) is 52.1 Å². The molecule has 1 aromatic heterocycles. The molecule has 0 bridgehead atoms. The summed E-state index contributed by atoms with van der Waals surface area (Å²) in [5.74, 6) is 0.0132. The van der Waals surface area contributed by atoms with Crippen molar-refractivity contribution < 1.29 is 4.39 Å². The Hall–Kier alpha value is -1.39. The number of benzene rings is 1. The Balaban J connectivity index is 2.27. The van der Waals surface area contributed by atoms with Gasteiger partial charge in [-0.3, -0.25) is 4.68 Å². The molecule has 3 nitrogen and oxygen atoms in total. The van der Waals surface area contributed by atoms with Gasteiger partial charge in [0.15, 0.2) is 0 Å². The van der Waals surface area contributed by atoms with E-state index in [-0.39, 0.29) is 11.7 Å². The molecule has 2 rings (SSSR count).